The van der Waals surface area contributed by atoms with E-state index in [0.29, 0.717) is 6.54 Å². The molecule has 0 amide bonds. The van der Waals surface area contributed by atoms with Gasteiger partial charge >= 0.3 is 0 Å². The molecule has 12 heavy (non-hydrogen) atoms. The van der Waals surface area contributed by atoms with Crippen molar-refractivity contribution in [1.82, 2.24) is 4.90 Å². The van der Waals surface area contributed by atoms with Crippen LogP contribution in [0.1, 0.15) is 17.4 Å². The molecule has 0 aliphatic carbocycles. The number of aliphatic hydroxyl groups excluding tert-OH is 1. The lowest BCUT2D eigenvalue weighted by molar-refractivity contribution is 0.134. The predicted molar refractivity (Wildman–Crippen MR) is 44.9 cm³/mol. The van der Waals surface area contributed by atoms with E-state index >= 15 is 0 Å². The van der Waals surface area contributed by atoms with E-state index in [1.54, 1.807) is 6.26 Å². The molecule has 2 rings (SSSR count). The molecule has 1 aromatic rings. The van der Waals surface area contributed by atoms with E-state index in [1.807, 2.05) is 13.1 Å². The third-order valence-corrected chi connectivity index (χ3v) is 2.34. The molecule has 2 heterocycles. The lowest BCUT2D eigenvalue weighted by Gasteiger charge is -2.15. The molecule has 0 saturated carbocycles. The van der Waals surface area contributed by atoms with Crippen LogP contribution in [-0.2, 0) is 6.42 Å². The van der Waals surface area contributed by atoms with Crippen molar-refractivity contribution in [2.45, 2.75) is 12.5 Å². The average Bonchev–Trinajstić information content (AvgIpc) is 2.43. The molecule has 0 radical (unpaired) electrons. The third kappa shape index (κ3) is 1.26. The number of aliphatic hydroxyl groups is 1. The summed E-state index contributed by atoms with van der Waals surface area (Å²) in [5.41, 5.74) is 0.958. The predicted octanol–water partition coefficient (Wildman–Crippen LogP) is 0.801. The van der Waals surface area contributed by atoms with Crippen molar-refractivity contribution >= 4 is 0 Å². The fraction of sp³-hybridized carbons (Fsp3) is 0.556. The highest BCUT2D eigenvalue weighted by atomic mass is 16.3. The minimum atomic E-state index is -0.383. The first kappa shape index (κ1) is 7.83. The Labute approximate surface area is 71.6 Å². The number of likely N-dealkylation sites (N-methyl/N-ethyl adjacent to an activating group) is 1. The number of rotatable bonds is 0. The van der Waals surface area contributed by atoms with Gasteiger partial charge in [-0.25, -0.2) is 0 Å². The Morgan fingerprint density at radius 1 is 1.67 bits per heavy atom. The van der Waals surface area contributed by atoms with Crippen LogP contribution in [-0.4, -0.2) is 30.1 Å². The van der Waals surface area contributed by atoms with Gasteiger partial charge in [0.2, 0.25) is 0 Å². The van der Waals surface area contributed by atoms with Gasteiger partial charge in [0.15, 0.2) is 0 Å². The fourth-order valence-electron chi connectivity index (χ4n) is 1.63. The molecule has 1 unspecified atom stereocenters. The zero-order valence-corrected chi connectivity index (χ0v) is 7.16. The highest BCUT2D eigenvalue weighted by Gasteiger charge is 2.20. The monoisotopic (exact) mass is 167 g/mol. The molecule has 0 saturated heterocycles. The summed E-state index contributed by atoms with van der Waals surface area (Å²) in [7, 11) is 2.01. The molecule has 66 valence electrons. The van der Waals surface area contributed by atoms with Crippen LogP contribution in [0.25, 0.3) is 0 Å². The standard InChI is InChI=1S/C9H13NO2/c1-10-4-2-9-7(3-5-12-9)8(11)6-10/h3,5,8,11H,2,4,6H2,1H3. The normalized spacial score (nSPS) is 25.0. The van der Waals surface area contributed by atoms with E-state index in [1.165, 1.54) is 0 Å². The van der Waals surface area contributed by atoms with E-state index < -0.39 is 0 Å². The maximum absolute atomic E-state index is 9.70. The van der Waals surface area contributed by atoms with Crippen molar-refractivity contribution in [3.05, 3.63) is 23.7 Å². The van der Waals surface area contributed by atoms with Crippen LogP contribution in [0.5, 0.6) is 0 Å². The zero-order chi connectivity index (χ0) is 8.55. The summed E-state index contributed by atoms with van der Waals surface area (Å²) in [5.74, 6) is 0.937. The van der Waals surface area contributed by atoms with Crippen LogP contribution < -0.4 is 0 Å². The Morgan fingerprint density at radius 3 is 3.33 bits per heavy atom. The molecule has 1 N–H and O–H groups in total. The van der Waals surface area contributed by atoms with Crippen molar-refractivity contribution in [1.29, 1.82) is 0 Å². The van der Waals surface area contributed by atoms with Gasteiger partial charge < -0.3 is 14.4 Å². The molecule has 1 aliphatic rings. The Morgan fingerprint density at radius 2 is 2.50 bits per heavy atom. The summed E-state index contributed by atoms with van der Waals surface area (Å²) in [4.78, 5) is 2.11. The van der Waals surface area contributed by atoms with Crippen molar-refractivity contribution < 1.29 is 9.52 Å². The lowest BCUT2D eigenvalue weighted by Crippen LogP contribution is -2.23. The zero-order valence-electron chi connectivity index (χ0n) is 7.16. The van der Waals surface area contributed by atoms with E-state index in [2.05, 4.69) is 4.90 Å². The molecule has 1 aliphatic heterocycles. The van der Waals surface area contributed by atoms with Gasteiger partial charge in [0.05, 0.1) is 12.4 Å². The van der Waals surface area contributed by atoms with Crippen molar-refractivity contribution in [2.24, 2.45) is 0 Å². The van der Waals surface area contributed by atoms with Gasteiger partial charge in [-0.2, -0.15) is 0 Å². The van der Waals surface area contributed by atoms with Gasteiger partial charge in [0, 0.05) is 25.1 Å². The maximum atomic E-state index is 9.70. The van der Waals surface area contributed by atoms with E-state index in [9.17, 15) is 5.11 Å². The fourth-order valence-corrected chi connectivity index (χ4v) is 1.63. The number of fused-ring (bicyclic) bond motifs is 1. The van der Waals surface area contributed by atoms with Crippen molar-refractivity contribution in [3.8, 4) is 0 Å². The van der Waals surface area contributed by atoms with Crippen molar-refractivity contribution in [3.63, 3.8) is 0 Å². The summed E-state index contributed by atoms with van der Waals surface area (Å²) >= 11 is 0. The molecule has 3 heteroatoms. The summed E-state index contributed by atoms with van der Waals surface area (Å²) in [6.45, 7) is 1.66. The second kappa shape index (κ2) is 2.92. The molecular weight excluding hydrogens is 154 g/mol. The first-order valence-corrected chi connectivity index (χ1v) is 4.20. The minimum Gasteiger partial charge on any atom is -0.469 e. The summed E-state index contributed by atoms with van der Waals surface area (Å²) in [6.07, 6.45) is 2.17. The second-order valence-electron chi connectivity index (χ2n) is 3.33. The second-order valence-corrected chi connectivity index (χ2v) is 3.33. The molecule has 0 bridgehead atoms. The third-order valence-electron chi connectivity index (χ3n) is 2.34. The van der Waals surface area contributed by atoms with Crippen LogP contribution in [0.2, 0.25) is 0 Å². The summed E-state index contributed by atoms with van der Waals surface area (Å²) < 4.78 is 5.27. The van der Waals surface area contributed by atoms with Gasteiger partial charge in [-0.3, -0.25) is 0 Å². The molecule has 3 nitrogen and oxygen atoms in total. The Balaban J connectivity index is 2.29. The first-order valence-electron chi connectivity index (χ1n) is 4.20. The molecular formula is C9H13NO2. The Kier molecular flexibility index (Phi) is 1.90. The average molecular weight is 167 g/mol. The van der Waals surface area contributed by atoms with Crippen LogP contribution in [0.3, 0.4) is 0 Å². The maximum Gasteiger partial charge on any atom is 0.110 e. The lowest BCUT2D eigenvalue weighted by atomic mass is 10.1. The highest BCUT2D eigenvalue weighted by molar-refractivity contribution is 5.21. The van der Waals surface area contributed by atoms with Crippen LogP contribution in [0.15, 0.2) is 16.7 Å². The van der Waals surface area contributed by atoms with Crippen molar-refractivity contribution in [2.75, 3.05) is 20.1 Å². The Hall–Kier alpha value is -0.800. The van der Waals surface area contributed by atoms with E-state index in [0.717, 1.165) is 24.3 Å². The smallest absolute Gasteiger partial charge is 0.110 e. The van der Waals surface area contributed by atoms with Gasteiger partial charge in [-0.15, -0.1) is 0 Å². The molecule has 1 atom stereocenters. The van der Waals surface area contributed by atoms with Crippen LogP contribution >= 0.6 is 0 Å². The van der Waals surface area contributed by atoms with Gasteiger partial charge in [-0.1, -0.05) is 0 Å². The SMILES string of the molecule is CN1CCc2occc2C(O)C1. The minimum absolute atomic E-state index is 0.383. The van der Waals surface area contributed by atoms with Gasteiger partial charge in [-0.05, 0) is 13.1 Å². The van der Waals surface area contributed by atoms with Gasteiger partial charge in [0.25, 0.3) is 0 Å². The number of nitrogens with zero attached hydrogens (tertiary/aromatic N) is 1. The van der Waals surface area contributed by atoms with Gasteiger partial charge in [0.1, 0.15) is 5.76 Å². The summed E-state index contributed by atoms with van der Waals surface area (Å²) in [6, 6.07) is 1.86. The highest BCUT2D eigenvalue weighted by Crippen LogP contribution is 2.23. The van der Waals surface area contributed by atoms with Crippen LogP contribution in [0, 0.1) is 0 Å². The number of hydrogen-bond acceptors (Lipinski definition) is 3. The first-order chi connectivity index (χ1) is 5.77. The van der Waals surface area contributed by atoms with E-state index in [-0.39, 0.29) is 6.10 Å². The number of β-amino-alcohol motifs (C(OH)–C–C–N with tert-alkyl or cyclic N) is 1. The quantitative estimate of drug-likeness (QED) is 0.621. The molecule has 1 aromatic heterocycles. The Bertz CT molecular complexity index is 269. The molecule has 0 spiro atoms. The van der Waals surface area contributed by atoms with E-state index in [4.69, 9.17) is 4.42 Å². The largest absolute Gasteiger partial charge is 0.469 e. The number of furan rings is 1. The topological polar surface area (TPSA) is 36.6 Å². The summed E-state index contributed by atoms with van der Waals surface area (Å²) in [5, 5.41) is 9.70. The number of hydrogen-bond donors (Lipinski definition) is 1. The molecule has 0 aromatic carbocycles. The van der Waals surface area contributed by atoms with Crippen LogP contribution in [0.4, 0.5) is 0 Å². The molecule has 0 fully saturated rings.